The van der Waals surface area contributed by atoms with Crippen LogP contribution in [0.25, 0.3) is 0 Å². The van der Waals surface area contributed by atoms with Crippen LogP contribution in [0.5, 0.6) is 0 Å². The van der Waals surface area contributed by atoms with E-state index in [-0.39, 0.29) is 12.2 Å². The smallest absolute Gasteiger partial charge is 0.273 e. The molecule has 3 rings (SSSR count). The van der Waals surface area contributed by atoms with E-state index < -0.39 is 31.1 Å². The zero-order valence-corrected chi connectivity index (χ0v) is 9.98. The predicted molar refractivity (Wildman–Crippen MR) is 65.8 cm³/mol. The van der Waals surface area contributed by atoms with E-state index in [0.717, 1.165) is 0 Å². The van der Waals surface area contributed by atoms with Crippen LogP contribution in [0.3, 0.4) is 0 Å². The van der Waals surface area contributed by atoms with Crippen LogP contribution < -0.4 is 15.8 Å². The van der Waals surface area contributed by atoms with Crippen molar-refractivity contribution >= 4 is 11.4 Å². The summed E-state index contributed by atoms with van der Waals surface area (Å²) in [5.74, 6) is 0. The van der Waals surface area contributed by atoms with Crippen molar-refractivity contribution < 1.29 is 20.1 Å². The quantitative estimate of drug-likeness (QED) is 0.421. The zero-order valence-electron chi connectivity index (χ0n) is 9.98. The lowest BCUT2D eigenvalue weighted by molar-refractivity contribution is -0.0218. The Morgan fingerprint density at radius 1 is 1.42 bits per heavy atom. The van der Waals surface area contributed by atoms with E-state index in [1.165, 1.54) is 11.1 Å². The van der Waals surface area contributed by atoms with Gasteiger partial charge in [0, 0.05) is 6.20 Å². The zero-order chi connectivity index (χ0) is 13.6. The molecule has 19 heavy (non-hydrogen) atoms. The van der Waals surface area contributed by atoms with Crippen molar-refractivity contribution in [2.75, 3.05) is 23.5 Å². The van der Waals surface area contributed by atoms with Gasteiger partial charge in [0.25, 0.3) is 5.56 Å². The van der Waals surface area contributed by atoms with Crippen LogP contribution in [0.15, 0.2) is 17.1 Å². The number of rotatable bonds is 2. The minimum atomic E-state index is -1.19. The maximum absolute atomic E-state index is 11.8. The molecule has 2 aliphatic rings. The minimum Gasteiger partial charge on any atom is -0.394 e. The van der Waals surface area contributed by atoms with Gasteiger partial charge in [-0.3, -0.25) is 4.79 Å². The van der Waals surface area contributed by atoms with Crippen LogP contribution in [0.1, 0.15) is 0 Å². The van der Waals surface area contributed by atoms with Gasteiger partial charge in [0.15, 0.2) is 6.23 Å². The molecule has 1 saturated heterocycles. The first-order chi connectivity index (χ1) is 9.13. The van der Waals surface area contributed by atoms with Crippen molar-refractivity contribution in [2.45, 2.75) is 24.5 Å². The van der Waals surface area contributed by atoms with Gasteiger partial charge < -0.3 is 35.3 Å². The molecule has 0 amide bonds. The van der Waals surface area contributed by atoms with E-state index in [0.29, 0.717) is 11.4 Å². The number of aromatic amines is 1. The minimum absolute atomic E-state index is 0.287. The first-order valence-corrected chi connectivity index (χ1v) is 5.98. The molecule has 3 heterocycles. The number of nitrogens with zero attached hydrogens (tertiary/aromatic N) is 1. The van der Waals surface area contributed by atoms with Gasteiger partial charge in [0.1, 0.15) is 24.0 Å². The van der Waals surface area contributed by atoms with E-state index in [1.807, 2.05) is 0 Å². The fourth-order valence-corrected chi connectivity index (χ4v) is 2.50. The molecule has 1 aromatic heterocycles. The number of fused-ring (bicyclic) bond motifs is 1. The van der Waals surface area contributed by atoms with Gasteiger partial charge in [0.05, 0.1) is 19.0 Å². The van der Waals surface area contributed by atoms with Crippen LogP contribution in [0, 0.1) is 0 Å². The second-order valence-electron chi connectivity index (χ2n) is 4.60. The number of hydrogen-bond acceptors (Lipinski definition) is 7. The molecule has 2 aliphatic heterocycles. The molecule has 0 unspecified atom stereocenters. The average molecular weight is 269 g/mol. The molecule has 4 atom stereocenters. The lowest BCUT2D eigenvalue weighted by Crippen LogP contribution is -2.45. The Hall–Kier alpha value is -1.61. The number of H-pyrrole nitrogens is 1. The van der Waals surface area contributed by atoms with Crippen molar-refractivity contribution in [1.82, 2.24) is 4.98 Å². The summed E-state index contributed by atoms with van der Waals surface area (Å²) in [6, 6.07) is 1.71. The monoisotopic (exact) mass is 269 g/mol. The third-order valence-corrected chi connectivity index (χ3v) is 3.49. The Labute approximate surface area is 108 Å². The highest BCUT2D eigenvalue weighted by molar-refractivity contribution is 5.73. The number of hydrogen-bond donors (Lipinski definition) is 5. The summed E-state index contributed by atoms with van der Waals surface area (Å²) < 4.78 is 5.41. The second kappa shape index (κ2) is 4.49. The third kappa shape index (κ3) is 1.80. The maximum atomic E-state index is 11.8. The Kier molecular flexibility index (Phi) is 2.94. The molecular formula is C11H15N3O5. The number of aliphatic hydroxyl groups excluding tert-OH is 3. The Bertz CT molecular complexity index is 533. The lowest BCUT2D eigenvalue weighted by atomic mass is 10.1. The Balaban J connectivity index is 1.93. The summed E-state index contributed by atoms with van der Waals surface area (Å²) in [6.45, 7) is -0.108. The molecule has 0 saturated carbocycles. The molecule has 5 N–H and O–H groups in total. The van der Waals surface area contributed by atoms with Gasteiger partial charge in [0.2, 0.25) is 0 Å². The molecule has 1 fully saturated rings. The molecule has 0 spiro atoms. The van der Waals surface area contributed by atoms with Crippen LogP contribution >= 0.6 is 0 Å². The number of pyridine rings is 1. The normalized spacial score (nSPS) is 33.3. The highest BCUT2D eigenvalue weighted by atomic mass is 16.6. The van der Waals surface area contributed by atoms with Gasteiger partial charge in [-0.2, -0.15) is 0 Å². The Morgan fingerprint density at radius 2 is 2.21 bits per heavy atom. The van der Waals surface area contributed by atoms with Crippen LogP contribution in [0.2, 0.25) is 0 Å². The van der Waals surface area contributed by atoms with Gasteiger partial charge >= 0.3 is 0 Å². The molecular weight excluding hydrogens is 254 g/mol. The average Bonchev–Trinajstić information content (AvgIpc) is 2.94. The molecule has 104 valence electrons. The molecule has 0 aliphatic carbocycles. The number of nitrogens with one attached hydrogen (secondary N) is 2. The van der Waals surface area contributed by atoms with Gasteiger partial charge in [-0.25, -0.2) is 0 Å². The number of anilines is 2. The third-order valence-electron chi connectivity index (χ3n) is 3.49. The lowest BCUT2D eigenvalue weighted by Gasteiger charge is -2.26. The summed E-state index contributed by atoms with van der Waals surface area (Å²) >= 11 is 0. The van der Waals surface area contributed by atoms with Gasteiger partial charge in [-0.1, -0.05) is 0 Å². The first-order valence-electron chi connectivity index (χ1n) is 5.98. The highest BCUT2D eigenvalue weighted by Crippen LogP contribution is 2.33. The fraction of sp³-hybridized carbons (Fsp3) is 0.545. The van der Waals surface area contributed by atoms with Crippen molar-refractivity contribution in [1.29, 1.82) is 0 Å². The van der Waals surface area contributed by atoms with E-state index in [9.17, 15) is 15.0 Å². The summed E-state index contributed by atoms with van der Waals surface area (Å²) in [5, 5.41) is 31.8. The summed E-state index contributed by atoms with van der Waals surface area (Å²) in [7, 11) is 0. The van der Waals surface area contributed by atoms with Gasteiger partial charge in [-0.05, 0) is 6.07 Å². The number of aromatic nitrogens is 1. The van der Waals surface area contributed by atoms with Crippen LogP contribution in [-0.2, 0) is 4.74 Å². The van der Waals surface area contributed by atoms with E-state index in [2.05, 4.69) is 10.3 Å². The Morgan fingerprint density at radius 3 is 2.89 bits per heavy atom. The van der Waals surface area contributed by atoms with Crippen molar-refractivity contribution in [3.8, 4) is 0 Å². The topological polar surface area (TPSA) is 118 Å². The second-order valence-corrected chi connectivity index (χ2v) is 4.60. The van der Waals surface area contributed by atoms with Crippen molar-refractivity contribution in [2.24, 2.45) is 0 Å². The van der Waals surface area contributed by atoms with Crippen LogP contribution in [-0.4, -0.2) is 58.1 Å². The van der Waals surface area contributed by atoms with Gasteiger partial charge in [-0.15, -0.1) is 0 Å². The molecule has 0 radical (unpaired) electrons. The number of ether oxygens (including phenoxy) is 1. The molecule has 0 bridgehead atoms. The van der Waals surface area contributed by atoms with Crippen molar-refractivity contribution in [3.05, 3.63) is 22.6 Å². The standard InChI is InChI=1S/C11H15N3O5/c15-3-6-8(16)9(17)11(19-6)14-4-13-5-1-2-12-10(18)7(5)14/h1-2,6,8-9,11,13,15-17H,3-4H2,(H,12,18)/t6-,8-,9+,11-/m1/s1. The first kappa shape index (κ1) is 12.4. The predicted octanol–water partition coefficient (Wildman–Crippen LogP) is -2.00. The SMILES string of the molecule is O=c1[nH]ccc2c1N([C@@H]1O[C@H](CO)[C@@H](O)[C@@H]1O)CN2. The molecule has 8 nitrogen and oxygen atoms in total. The number of aliphatic hydroxyl groups is 3. The molecule has 1 aromatic rings. The fourth-order valence-electron chi connectivity index (χ4n) is 2.50. The van der Waals surface area contributed by atoms with E-state index in [1.54, 1.807) is 6.07 Å². The van der Waals surface area contributed by atoms with Crippen molar-refractivity contribution in [3.63, 3.8) is 0 Å². The molecule has 8 heteroatoms. The van der Waals surface area contributed by atoms with Crippen LogP contribution in [0.4, 0.5) is 11.4 Å². The van der Waals surface area contributed by atoms with E-state index >= 15 is 0 Å². The summed E-state index contributed by atoms with van der Waals surface area (Å²) in [6.07, 6.45) is -2.57. The van der Waals surface area contributed by atoms with E-state index in [4.69, 9.17) is 9.84 Å². The molecule has 0 aromatic carbocycles. The summed E-state index contributed by atoms with van der Waals surface area (Å²) in [4.78, 5) is 15.9. The summed E-state index contributed by atoms with van der Waals surface area (Å²) in [5.41, 5.74) is 0.694. The largest absolute Gasteiger partial charge is 0.394 e. The highest BCUT2D eigenvalue weighted by Gasteiger charge is 2.47. The maximum Gasteiger partial charge on any atom is 0.273 e.